The summed E-state index contributed by atoms with van der Waals surface area (Å²) in [5, 5.41) is 0. The summed E-state index contributed by atoms with van der Waals surface area (Å²) in [5.74, 6) is -3.18. The molecule has 1 rings (SSSR count). The molecule has 362 valence electrons. The number of nitrogens with zero attached hydrogens (tertiary/aromatic N) is 1. The minimum Gasteiger partial charge on any atom is -0.469 e. The van der Waals surface area contributed by atoms with Gasteiger partial charge >= 0.3 is 29.8 Å². The van der Waals surface area contributed by atoms with Crippen LogP contribution in [0, 0.1) is 6.92 Å². The first kappa shape index (κ1) is 56.6. The molecule has 0 amide bonds. The number of esters is 5. The molecule has 0 aliphatic carbocycles. The van der Waals surface area contributed by atoms with Gasteiger partial charge in [0.15, 0.2) is 0 Å². The fraction of sp³-hybridized carbons (Fsp3) is 0.659. The van der Waals surface area contributed by atoms with Crippen molar-refractivity contribution < 1.29 is 105 Å². The molecule has 64 heavy (non-hydrogen) atoms. The Hall–Kier alpha value is -5.46. The molecule has 2 atom stereocenters. The normalized spacial score (nSPS) is 11.6. The third-order valence-electron chi connectivity index (χ3n) is 7.94. The van der Waals surface area contributed by atoms with Gasteiger partial charge in [0.2, 0.25) is 0 Å². The lowest BCUT2D eigenvalue weighted by molar-refractivity contribution is -0.154. The summed E-state index contributed by atoms with van der Waals surface area (Å²) in [7, 11) is 1.16. The van der Waals surface area contributed by atoms with Crippen LogP contribution in [0.2, 0.25) is 0 Å². The Kier molecular flexibility index (Phi) is 34.6. The zero-order valence-corrected chi connectivity index (χ0v) is 36.4. The first-order valence-corrected chi connectivity index (χ1v) is 20.3. The number of ether oxygens (including phenoxy) is 14. The van der Waals surface area contributed by atoms with Crippen molar-refractivity contribution in [2.45, 2.75) is 44.8 Å². The predicted molar refractivity (Wildman–Crippen MR) is 217 cm³/mol. The lowest BCUT2D eigenvalue weighted by Crippen LogP contribution is -2.43. The molecular weight excluding hydrogens is 858 g/mol. The molecule has 0 saturated carbocycles. The predicted octanol–water partition coefficient (Wildman–Crippen LogP) is 0.0634. The van der Waals surface area contributed by atoms with E-state index in [1.165, 1.54) is 0 Å². The topological polar surface area (TPSA) is 269 Å². The van der Waals surface area contributed by atoms with E-state index in [9.17, 15) is 38.4 Å². The molecule has 1 aromatic rings. The standard InChI is InChI=1S/C41H61NO22/c1-33-4-3-5-34(24-33)42(26-35(29-55-17-21-64-41(50)25-40(49)51-2)59-18-14-53-16-20-62-38(47)7-10-57-31-44)27-36(60-22-23-63-39(48)8-11-58-32-45)28-54-13-12-52-15-19-61-37(46)6-9-56-30-43/h3-5,24,30-32,35-36H,6-23,25-29H2,1-2H3. The van der Waals surface area contributed by atoms with E-state index in [4.69, 9.17) is 47.4 Å². The highest BCUT2D eigenvalue weighted by molar-refractivity contribution is 5.91. The second kappa shape index (κ2) is 39.2. The van der Waals surface area contributed by atoms with Gasteiger partial charge in [-0.1, -0.05) is 12.1 Å². The summed E-state index contributed by atoms with van der Waals surface area (Å²) in [6.45, 7) is 3.35. The average molecular weight is 920 g/mol. The second-order valence-electron chi connectivity index (χ2n) is 12.9. The van der Waals surface area contributed by atoms with E-state index >= 15 is 0 Å². The van der Waals surface area contributed by atoms with Crippen LogP contribution < -0.4 is 4.90 Å². The lowest BCUT2D eigenvalue weighted by Gasteiger charge is -2.33. The van der Waals surface area contributed by atoms with Crippen molar-refractivity contribution >= 4 is 55.0 Å². The first-order chi connectivity index (χ1) is 31.1. The third-order valence-corrected chi connectivity index (χ3v) is 7.94. The average Bonchev–Trinajstić information content (AvgIpc) is 3.27. The van der Waals surface area contributed by atoms with Gasteiger partial charge in [0.1, 0.15) is 52.7 Å². The summed E-state index contributed by atoms with van der Waals surface area (Å²) in [6, 6.07) is 7.68. The molecule has 1 aromatic carbocycles. The fourth-order valence-corrected chi connectivity index (χ4v) is 4.98. The lowest BCUT2D eigenvalue weighted by atomic mass is 10.1. The van der Waals surface area contributed by atoms with Crippen molar-refractivity contribution in [3.8, 4) is 0 Å². The van der Waals surface area contributed by atoms with Gasteiger partial charge < -0.3 is 71.2 Å². The molecule has 0 spiro atoms. The monoisotopic (exact) mass is 919 g/mol. The molecule has 0 aliphatic rings. The number of hydrogen-bond donors (Lipinski definition) is 0. The summed E-state index contributed by atoms with van der Waals surface area (Å²) in [6.07, 6.45) is -2.06. The van der Waals surface area contributed by atoms with Crippen LogP contribution in [0.3, 0.4) is 0 Å². The molecule has 0 heterocycles. The third kappa shape index (κ3) is 32.2. The van der Waals surface area contributed by atoms with Gasteiger partial charge in [-0.2, -0.15) is 0 Å². The van der Waals surface area contributed by atoms with Crippen LogP contribution in [0.4, 0.5) is 5.69 Å². The SMILES string of the molecule is COC(=O)CC(=O)OCCOCC(CN(CC(COCCOCCOC(=O)CCOC=O)OCCOC(=O)CCOC=O)c1cccc(C)c1)OCCOCCOC(=O)CCOC=O. The smallest absolute Gasteiger partial charge is 0.317 e. The maximum absolute atomic E-state index is 12.1. The van der Waals surface area contributed by atoms with Gasteiger partial charge in [0.25, 0.3) is 19.4 Å². The molecule has 0 fully saturated rings. The molecule has 0 saturated heterocycles. The first-order valence-electron chi connectivity index (χ1n) is 20.3. The molecule has 0 aliphatic heterocycles. The fourth-order valence-electron chi connectivity index (χ4n) is 4.98. The number of benzene rings is 1. The van der Waals surface area contributed by atoms with Crippen molar-refractivity contribution in [3.05, 3.63) is 29.8 Å². The van der Waals surface area contributed by atoms with Gasteiger partial charge in [-0.25, -0.2) is 0 Å². The van der Waals surface area contributed by atoms with Crippen LogP contribution in [0.25, 0.3) is 0 Å². The van der Waals surface area contributed by atoms with Crippen molar-refractivity contribution in [3.63, 3.8) is 0 Å². The molecular formula is C41H61NO22. The second-order valence-corrected chi connectivity index (χ2v) is 12.9. The van der Waals surface area contributed by atoms with Crippen LogP contribution in [-0.2, 0) is 105 Å². The van der Waals surface area contributed by atoms with E-state index in [1.54, 1.807) is 0 Å². The summed E-state index contributed by atoms with van der Waals surface area (Å²) in [5.41, 5.74) is 1.76. The maximum atomic E-state index is 12.1. The maximum Gasteiger partial charge on any atom is 0.317 e. The largest absolute Gasteiger partial charge is 0.469 e. The molecule has 0 bridgehead atoms. The molecule has 0 radical (unpaired) electrons. The summed E-state index contributed by atoms with van der Waals surface area (Å²) >= 11 is 0. The van der Waals surface area contributed by atoms with Crippen LogP contribution in [-0.4, -0.2) is 194 Å². The Morgan fingerprint density at radius 3 is 1.39 bits per heavy atom. The number of anilines is 1. The Balaban J connectivity index is 3.02. The summed E-state index contributed by atoms with van der Waals surface area (Å²) in [4.78, 5) is 91.6. The van der Waals surface area contributed by atoms with Crippen LogP contribution in [0.15, 0.2) is 24.3 Å². The molecule has 0 aromatic heterocycles. The number of methoxy groups -OCH3 is 1. The zero-order valence-electron chi connectivity index (χ0n) is 36.4. The van der Waals surface area contributed by atoms with Gasteiger partial charge in [-0.15, -0.1) is 0 Å². The Morgan fingerprint density at radius 1 is 0.516 bits per heavy atom. The van der Waals surface area contributed by atoms with E-state index in [0.717, 1.165) is 18.4 Å². The van der Waals surface area contributed by atoms with E-state index in [-0.39, 0.29) is 164 Å². The number of carbonyl (C=O) groups is 8. The van der Waals surface area contributed by atoms with Crippen LogP contribution in [0.1, 0.15) is 31.2 Å². The number of aryl methyl sites for hydroxylation is 1. The van der Waals surface area contributed by atoms with Gasteiger partial charge in [0.05, 0.1) is 105 Å². The van der Waals surface area contributed by atoms with Crippen LogP contribution >= 0.6 is 0 Å². The van der Waals surface area contributed by atoms with Crippen molar-refractivity contribution in [2.75, 3.05) is 137 Å². The quantitative estimate of drug-likeness (QED) is 0.0276. The number of hydrogen-bond acceptors (Lipinski definition) is 23. The Morgan fingerprint density at radius 2 is 0.922 bits per heavy atom. The minimum absolute atomic E-state index is 0.00731. The van der Waals surface area contributed by atoms with Crippen molar-refractivity contribution in [1.29, 1.82) is 0 Å². The van der Waals surface area contributed by atoms with Gasteiger partial charge in [-0.3, -0.25) is 38.4 Å². The highest BCUT2D eigenvalue weighted by atomic mass is 16.6. The van der Waals surface area contributed by atoms with Gasteiger partial charge in [0, 0.05) is 18.8 Å². The summed E-state index contributed by atoms with van der Waals surface area (Å²) < 4.78 is 73.5. The Bertz CT molecular complexity index is 1460. The van der Waals surface area contributed by atoms with Crippen molar-refractivity contribution in [1.82, 2.24) is 0 Å². The van der Waals surface area contributed by atoms with E-state index in [2.05, 4.69) is 18.9 Å². The minimum atomic E-state index is -0.771. The highest BCUT2D eigenvalue weighted by Crippen LogP contribution is 2.19. The van der Waals surface area contributed by atoms with E-state index < -0.39 is 48.5 Å². The highest BCUT2D eigenvalue weighted by Gasteiger charge is 2.22. The van der Waals surface area contributed by atoms with Gasteiger partial charge in [-0.05, 0) is 24.6 Å². The molecule has 0 N–H and O–H groups in total. The number of carbonyl (C=O) groups excluding carboxylic acids is 8. The molecule has 2 unspecified atom stereocenters. The van der Waals surface area contributed by atoms with E-state index in [1.807, 2.05) is 36.1 Å². The Labute approximate surface area is 371 Å². The van der Waals surface area contributed by atoms with E-state index in [0.29, 0.717) is 0 Å². The molecule has 23 nitrogen and oxygen atoms in total. The van der Waals surface area contributed by atoms with Crippen molar-refractivity contribution in [2.24, 2.45) is 0 Å². The zero-order chi connectivity index (χ0) is 46.9. The molecule has 23 heteroatoms. The van der Waals surface area contributed by atoms with Crippen LogP contribution in [0.5, 0.6) is 0 Å². The number of rotatable bonds is 43.